The maximum Gasteiger partial charge on any atom is 0.346 e. The van der Waals surface area contributed by atoms with Crippen molar-refractivity contribution in [2.75, 3.05) is 26.2 Å². The zero-order valence-electron chi connectivity index (χ0n) is 9.67. The van der Waals surface area contributed by atoms with Crippen LogP contribution >= 0.6 is 0 Å². The van der Waals surface area contributed by atoms with Crippen molar-refractivity contribution in [3.8, 4) is 0 Å². The second kappa shape index (κ2) is 7.30. The Kier molecular flexibility index (Phi) is 5.68. The van der Waals surface area contributed by atoms with E-state index in [4.69, 9.17) is 0 Å². The van der Waals surface area contributed by atoms with E-state index in [2.05, 4.69) is 10.6 Å². The highest BCUT2D eigenvalue weighted by atomic mass is 16.6. The summed E-state index contributed by atoms with van der Waals surface area (Å²) in [6.07, 6.45) is 0. The summed E-state index contributed by atoms with van der Waals surface area (Å²) in [5.74, 6) is 0. The molecule has 0 amide bonds. The maximum absolute atomic E-state index is 10.2. The Hall–Kier alpha value is -2.06. The van der Waals surface area contributed by atoms with Gasteiger partial charge in [-0.15, -0.1) is 0 Å². The molecule has 8 heteroatoms. The van der Waals surface area contributed by atoms with E-state index in [0.29, 0.717) is 0 Å². The molecule has 0 aromatic heterocycles. The highest BCUT2D eigenvalue weighted by molar-refractivity contribution is 5.51. The van der Waals surface area contributed by atoms with Crippen LogP contribution in [0.1, 0.15) is 0 Å². The van der Waals surface area contributed by atoms with Gasteiger partial charge in [0, 0.05) is 38.3 Å². The minimum atomic E-state index is -0.780. The van der Waals surface area contributed by atoms with Gasteiger partial charge in [0.2, 0.25) is 0 Å². The van der Waals surface area contributed by atoms with Gasteiger partial charge >= 0.3 is 11.4 Å². The number of nitro benzene ring substituents is 2. The summed E-state index contributed by atoms with van der Waals surface area (Å²) in [5.41, 5.74) is -0.968. The number of piperazine rings is 1. The molecule has 18 heavy (non-hydrogen) atoms. The third-order valence-electron chi connectivity index (χ3n) is 2.23. The van der Waals surface area contributed by atoms with E-state index in [1.807, 2.05) is 0 Å². The van der Waals surface area contributed by atoms with Crippen LogP contribution in [0.4, 0.5) is 11.4 Å². The largest absolute Gasteiger partial charge is 0.346 e. The van der Waals surface area contributed by atoms with Crippen molar-refractivity contribution in [3.05, 3.63) is 44.5 Å². The van der Waals surface area contributed by atoms with Crippen molar-refractivity contribution in [1.82, 2.24) is 10.6 Å². The van der Waals surface area contributed by atoms with Gasteiger partial charge in [0.05, 0.1) is 9.85 Å². The second-order valence-corrected chi connectivity index (χ2v) is 3.50. The summed E-state index contributed by atoms with van der Waals surface area (Å²) in [4.78, 5) is 18.9. The molecule has 2 rings (SSSR count). The van der Waals surface area contributed by atoms with Crippen molar-refractivity contribution in [3.63, 3.8) is 0 Å². The molecule has 0 radical (unpaired) electrons. The second-order valence-electron chi connectivity index (χ2n) is 3.50. The van der Waals surface area contributed by atoms with Crippen molar-refractivity contribution in [2.24, 2.45) is 0 Å². The van der Waals surface area contributed by atoms with Gasteiger partial charge in [0.15, 0.2) is 0 Å². The fraction of sp³-hybridized carbons (Fsp3) is 0.400. The first-order valence-electron chi connectivity index (χ1n) is 5.42. The van der Waals surface area contributed by atoms with E-state index in [1.165, 1.54) is 12.1 Å². The Morgan fingerprint density at radius 3 is 1.39 bits per heavy atom. The number of benzene rings is 1. The van der Waals surface area contributed by atoms with Crippen molar-refractivity contribution < 1.29 is 9.85 Å². The van der Waals surface area contributed by atoms with Gasteiger partial charge < -0.3 is 10.6 Å². The summed E-state index contributed by atoms with van der Waals surface area (Å²) < 4.78 is 0. The molecule has 1 heterocycles. The Labute approximate surface area is 103 Å². The van der Waals surface area contributed by atoms with E-state index in [0.717, 1.165) is 38.3 Å². The average Bonchev–Trinajstić information content (AvgIpc) is 2.41. The van der Waals surface area contributed by atoms with Crippen molar-refractivity contribution in [1.29, 1.82) is 0 Å². The van der Waals surface area contributed by atoms with Crippen LogP contribution in [0.5, 0.6) is 0 Å². The number of nitro groups is 2. The zero-order valence-corrected chi connectivity index (χ0v) is 9.67. The van der Waals surface area contributed by atoms with Crippen molar-refractivity contribution in [2.45, 2.75) is 0 Å². The smallest absolute Gasteiger partial charge is 0.314 e. The van der Waals surface area contributed by atoms with Crippen LogP contribution < -0.4 is 10.6 Å². The molecule has 1 aliphatic heterocycles. The van der Waals surface area contributed by atoms with E-state index in [9.17, 15) is 20.2 Å². The monoisotopic (exact) mass is 254 g/mol. The lowest BCUT2D eigenvalue weighted by atomic mass is 10.3. The first kappa shape index (κ1) is 14.0. The van der Waals surface area contributed by atoms with Crippen LogP contribution in [0.15, 0.2) is 24.3 Å². The molecule has 0 unspecified atom stereocenters. The molecule has 0 spiro atoms. The quantitative estimate of drug-likeness (QED) is 0.593. The van der Waals surface area contributed by atoms with Crippen LogP contribution in [-0.4, -0.2) is 36.0 Å². The number of para-hydroxylation sites is 2. The highest BCUT2D eigenvalue weighted by Crippen LogP contribution is 2.24. The standard InChI is InChI=1S/C6H4N2O4.C4H10N2/c9-7(10)5-3-1-2-4-6(5)8(11)12;1-2-6-4-3-5-1/h1-4H;5-6H,1-4H2. The van der Waals surface area contributed by atoms with Crippen LogP contribution in [0.25, 0.3) is 0 Å². The van der Waals surface area contributed by atoms with Gasteiger partial charge in [0.25, 0.3) is 0 Å². The Morgan fingerprint density at radius 1 is 0.833 bits per heavy atom. The summed E-state index contributed by atoms with van der Waals surface area (Å²) in [7, 11) is 0. The first-order valence-corrected chi connectivity index (χ1v) is 5.42. The Morgan fingerprint density at radius 2 is 1.17 bits per heavy atom. The maximum atomic E-state index is 10.2. The first-order chi connectivity index (χ1) is 8.63. The molecule has 1 aromatic rings. The van der Waals surface area contributed by atoms with Gasteiger partial charge in [-0.2, -0.15) is 0 Å². The highest BCUT2D eigenvalue weighted by Gasteiger charge is 2.21. The van der Waals surface area contributed by atoms with Crippen LogP contribution in [0, 0.1) is 20.2 Å². The molecule has 0 bridgehead atoms. The topological polar surface area (TPSA) is 110 Å². The SMILES string of the molecule is C1CNCCN1.O=[N+]([O-])c1ccccc1[N+](=O)[O-]. The van der Waals surface area contributed by atoms with Gasteiger partial charge in [0.1, 0.15) is 0 Å². The van der Waals surface area contributed by atoms with Gasteiger partial charge in [-0.05, 0) is 0 Å². The predicted octanol–water partition coefficient (Wildman–Crippen LogP) is 0.682. The van der Waals surface area contributed by atoms with E-state index in [-0.39, 0.29) is 0 Å². The Bertz CT molecular complexity index is 376. The van der Waals surface area contributed by atoms with Gasteiger partial charge in [-0.25, -0.2) is 0 Å². The lowest BCUT2D eigenvalue weighted by Crippen LogP contribution is -2.39. The van der Waals surface area contributed by atoms with Crippen LogP contribution in [0.3, 0.4) is 0 Å². The van der Waals surface area contributed by atoms with E-state index in [1.54, 1.807) is 0 Å². The summed E-state index contributed by atoms with van der Waals surface area (Å²) in [5, 5.41) is 26.9. The predicted molar refractivity (Wildman–Crippen MR) is 65.5 cm³/mol. The molecule has 8 nitrogen and oxygen atoms in total. The van der Waals surface area contributed by atoms with Crippen LogP contribution in [0.2, 0.25) is 0 Å². The number of nitrogens with zero attached hydrogens (tertiary/aromatic N) is 2. The van der Waals surface area contributed by atoms with Gasteiger partial charge in [-0.1, -0.05) is 12.1 Å². The lowest BCUT2D eigenvalue weighted by Gasteiger charge is -2.11. The third kappa shape index (κ3) is 4.44. The minimum Gasteiger partial charge on any atom is -0.314 e. The fourth-order valence-corrected chi connectivity index (χ4v) is 1.38. The summed E-state index contributed by atoms with van der Waals surface area (Å²) in [6, 6.07) is 4.95. The van der Waals surface area contributed by atoms with E-state index >= 15 is 0 Å². The normalized spacial score (nSPS) is 14.2. The number of nitrogens with one attached hydrogen (secondary N) is 2. The molecule has 2 N–H and O–H groups in total. The molecule has 0 atom stereocenters. The molecule has 1 saturated heterocycles. The molecule has 1 aliphatic rings. The summed E-state index contributed by atoms with van der Waals surface area (Å²) >= 11 is 0. The molecule has 0 saturated carbocycles. The molecule has 98 valence electrons. The summed E-state index contributed by atoms with van der Waals surface area (Å²) in [6.45, 7) is 4.56. The van der Waals surface area contributed by atoms with Crippen molar-refractivity contribution >= 4 is 11.4 Å². The molecule has 1 fully saturated rings. The molecule has 0 aliphatic carbocycles. The zero-order chi connectivity index (χ0) is 13.4. The lowest BCUT2D eigenvalue weighted by molar-refractivity contribution is -0.422. The molecular formula is C10H14N4O4. The average molecular weight is 254 g/mol. The van der Waals surface area contributed by atoms with E-state index < -0.39 is 21.2 Å². The van der Waals surface area contributed by atoms with Gasteiger partial charge in [-0.3, -0.25) is 20.2 Å². The molecular weight excluding hydrogens is 240 g/mol. The fourth-order valence-electron chi connectivity index (χ4n) is 1.38. The third-order valence-corrected chi connectivity index (χ3v) is 2.23. The molecule has 1 aromatic carbocycles. The van der Waals surface area contributed by atoms with Crippen LogP contribution in [-0.2, 0) is 0 Å². The minimum absolute atomic E-state index is 0.484. The number of hydrogen-bond acceptors (Lipinski definition) is 6. The number of hydrogen-bond donors (Lipinski definition) is 2. The Balaban J connectivity index is 0.000000225. The number of rotatable bonds is 2.